The number of rotatable bonds is 7. The Balaban J connectivity index is 1.37. The molecule has 3 aromatic heterocycles. The molecule has 2 atom stereocenters. The predicted octanol–water partition coefficient (Wildman–Crippen LogP) is 4.94. The van der Waals surface area contributed by atoms with E-state index in [2.05, 4.69) is 27.0 Å². The minimum atomic E-state index is -0.360. The summed E-state index contributed by atoms with van der Waals surface area (Å²) in [5.41, 5.74) is 0. The summed E-state index contributed by atoms with van der Waals surface area (Å²) >= 11 is 3.06. The summed E-state index contributed by atoms with van der Waals surface area (Å²) in [6.07, 6.45) is 1.45. The van der Waals surface area contributed by atoms with Crippen LogP contribution >= 0.6 is 23.1 Å². The first-order chi connectivity index (χ1) is 15.2. The van der Waals surface area contributed by atoms with Crippen molar-refractivity contribution in [1.82, 2.24) is 25.0 Å². The maximum absolute atomic E-state index is 6.12. The third-order valence-corrected chi connectivity index (χ3v) is 6.58. The monoisotopic (exact) mass is 453 g/mol. The molecule has 2 unspecified atom stereocenters. The highest BCUT2D eigenvalue weighted by Gasteiger charge is 2.29. The molecular formula is C21H19N5O3S2. The molecule has 0 saturated carbocycles. The van der Waals surface area contributed by atoms with Gasteiger partial charge in [-0.05, 0) is 30.5 Å². The van der Waals surface area contributed by atoms with Gasteiger partial charge in [-0.25, -0.2) is 0 Å². The van der Waals surface area contributed by atoms with Gasteiger partial charge in [0.15, 0.2) is 28.6 Å². The molecule has 0 N–H and O–H groups in total. The number of para-hydroxylation sites is 2. The van der Waals surface area contributed by atoms with Crippen molar-refractivity contribution in [2.45, 2.75) is 30.0 Å². The average Bonchev–Trinajstić information content (AvgIpc) is 3.55. The number of benzene rings is 1. The maximum atomic E-state index is 6.12. The van der Waals surface area contributed by atoms with Gasteiger partial charge in [-0.1, -0.05) is 36.0 Å². The summed E-state index contributed by atoms with van der Waals surface area (Å²) in [4.78, 5) is 0.947. The van der Waals surface area contributed by atoms with Crippen LogP contribution in [0.4, 0.5) is 0 Å². The number of nitrogens with zero attached hydrogens (tertiary/aromatic N) is 5. The quantitative estimate of drug-likeness (QED) is 0.287. The number of ether oxygens (including phenoxy) is 2. The van der Waals surface area contributed by atoms with Gasteiger partial charge in [0, 0.05) is 6.54 Å². The van der Waals surface area contributed by atoms with E-state index in [-0.39, 0.29) is 11.4 Å². The van der Waals surface area contributed by atoms with Gasteiger partial charge in [0.2, 0.25) is 5.89 Å². The smallest absolute Gasteiger partial charge is 0.257 e. The topological polar surface area (TPSA) is 88.1 Å². The van der Waals surface area contributed by atoms with Crippen LogP contribution in [0.2, 0.25) is 0 Å². The first-order valence-corrected chi connectivity index (χ1v) is 11.4. The molecule has 0 saturated heterocycles. The van der Waals surface area contributed by atoms with Gasteiger partial charge in [-0.2, -0.15) is 0 Å². The summed E-state index contributed by atoms with van der Waals surface area (Å²) in [7, 11) is 0. The minimum absolute atomic E-state index is 0.105. The van der Waals surface area contributed by atoms with Crippen molar-refractivity contribution in [3.8, 4) is 22.3 Å². The van der Waals surface area contributed by atoms with E-state index in [0.29, 0.717) is 36.5 Å². The number of aromatic nitrogens is 5. The molecule has 1 aromatic carbocycles. The normalized spacial score (nSPS) is 16.2. The third kappa shape index (κ3) is 3.96. The summed E-state index contributed by atoms with van der Waals surface area (Å²) in [6, 6.07) is 11.5. The largest absolute Gasteiger partial charge is 0.485 e. The Morgan fingerprint density at radius 1 is 1.19 bits per heavy atom. The fraction of sp³-hybridized carbons (Fsp3) is 0.238. The van der Waals surface area contributed by atoms with Crippen LogP contribution < -0.4 is 9.47 Å². The molecule has 0 fully saturated rings. The molecule has 0 spiro atoms. The second-order valence-electron chi connectivity index (χ2n) is 6.79. The number of thioether (sulfide) groups is 1. The van der Waals surface area contributed by atoms with Gasteiger partial charge in [0.25, 0.3) is 5.89 Å². The molecule has 5 rings (SSSR count). The van der Waals surface area contributed by atoms with E-state index in [1.54, 1.807) is 17.4 Å². The van der Waals surface area contributed by atoms with Crippen molar-refractivity contribution in [3.63, 3.8) is 0 Å². The van der Waals surface area contributed by atoms with Crippen LogP contribution in [0.15, 0.2) is 64.0 Å². The Morgan fingerprint density at radius 3 is 2.87 bits per heavy atom. The van der Waals surface area contributed by atoms with E-state index in [1.807, 2.05) is 53.3 Å². The number of hydrogen-bond donors (Lipinski definition) is 0. The van der Waals surface area contributed by atoms with Gasteiger partial charge in [-0.3, -0.25) is 4.57 Å². The fourth-order valence-electron chi connectivity index (χ4n) is 3.18. The lowest BCUT2D eigenvalue weighted by molar-refractivity contribution is 0.0821. The second-order valence-corrected chi connectivity index (χ2v) is 9.04. The molecule has 158 valence electrons. The second kappa shape index (κ2) is 8.56. The highest BCUT2D eigenvalue weighted by molar-refractivity contribution is 7.99. The minimum Gasteiger partial charge on any atom is -0.485 e. The van der Waals surface area contributed by atoms with Crippen molar-refractivity contribution < 1.29 is 13.9 Å². The zero-order valence-corrected chi connectivity index (χ0v) is 18.3. The molecule has 0 amide bonds. The Bertz CT molecular complexity index is 1190. The van der Waals surface area contributed by atoms with Gasteiger partial charge in [0.05, 0.1) is 10.1 Å². The van der Waals surface area contributed by atoms with Crippen molar-refractivity contribution in [1.29, 1.82) is 0 Å². The van der Waals surface area contributed by atoms with Gasteiger partial charge < -0.3 is 13.9 Å². The van der Waals surface area contributed by atoms with Gasteiger partial charge >= 0.3 is 0 Å². The molecule has 4 heterocycles. The zero-order valence-electron chi connectivity index (χ0n) is 16.7. The van der Waals surface area contributed by atoms with Crippen molar-refractivity contribution in [3.05, 3.63) is 66.1 Å². The van der Waals surface area contributed by atoms with E-state index in [4.69, 9.17) is 13.9 Å². The van der Waals surface area contributed by atoms with Crippen molar-refractivity contribution >= 4 is 23.1 Å². The molecule has 1 aliphatic heterocycles. The highest BCUT2D eigenvalue weighted by atomic mass is 32.2. The Hall–Kier alpha value is -3.11. The number of hydrogen-bond acceptors (Lipinski definition) is 9. The molecule has 0 radical (unpaired) electrons. The van der Waals surface area contributed by atoms with Crippen LogP contribution in [0.5, 0.6) is 11.5 Å². The molecule has 4 aromatic rings. The predicted molar refractivity (Wildman–Crippen MR) is 117 cm³/mol. The lowest BCUT2D eigenvalue weighted by Crippen LogP contribution is -2.25. The van der Waals surface area contributed by atoms with Crippen LogP contribution in [0.1, 0.15) is 30.0 Å². The fourth-order valence-corrected chi connectivity index (χ4v) is 4.72. The Labute approximate surface area is 186 Å². The molecule has 8 nitrogen and oxygen atoms in total. The average molecular weight is 454 g/mol. The first-order valence-electron chi connectivity index (χ1n) is 9.69. The number of allylic oxidation sites excluding steroid dienone is 1. The first kappa shape index (κ1) is 19.8. The molecule has 1 aliphatic rings. The summed E-state index contributed by atoms with van der Waals surface area (Å²) in [5.74, 6) is 3.18. The molecule has 31 heavy (non-hydrogen) atoms. The summed E-state index contributed by atoms with van der Waals surface area (Å²) in [5, 5.41) is 19.8. The van der Waals surface area contributed by atoms with Crippen LogP contribution in [-0.4, -0.2) is 31.6 Å². The Morgan fingerprint density at radius 2 is 2.06 bits per heavy atom. The third-order valence-electron chi connectivity index (χ3n) is 4.66. The van der Waals surface area contributed by atoms with Crippen LogP contribution in [0, 0.1) is 0 Å². The summed E-state index contributed by atoms with van der Waals surface area (Å²) in [6.45, 7) is 6.78. The van der Waals surface area contributed by atoms with Crippen LogP contribution in [0.25, 0.3) is 10.8 Å². The lowest BCUT2D eigenvalue weighted by Gasteiger charge is -2.26. The Kier molecular flexibility index (Phi) is 5.47. The van der Waals surface area contributed by atoms with Gasteiger partial charge in [0.1, 0.15) is 6.61 Å². The highest BCUT2D eigenvalue weighted by Crippen LogP contribution is 2.38. The van der Waals surface area contributed by atoms with E-state index in [0.717, 1.165) is 15.8 Å². The molecule has 0 aliphatic carbocycles. The van der Waals surface area contributed by atoms with E-state index in [1.165, 1.54) is 11.8 Å². The lowest BCUT2D eigenvalue weighted by atomic mass is 10.2. The van der Waals surface area contributed by atoms with Gasteiger partial charge in [-0.15, -0.1) is 38.3 Å². The van der Waals surface area contributed by atoms with E-state index >= 15 is 0 Å². The van der Waals surface area contributed by atoms with E-state index < -0.39 is 0 Å². The number of fused-ring (bicyclic) bond motifs is 1. The van der Waals surface area contributed by atoms with Crippen LogP contribution in [-0.2, 0) is 6.54 Å². The molecule has 0 bridgehead atoms. The standard InChI is InChI=1S/C21H19N5O3S2/c1-3-10-26-18(16-12-27-14-7-4-5-8-15(14)28-16)22-25-21(26)31-13(2)19-23-24-20(29-19)17-9-6-11-30-17/h3-9,11,13,16H,1,10,12H2,2H3. The molecular weight excluding hydrogens is 434 g/mol. The maximum Gasteiger partial charge on any atom is 0.257 e. The SMILES string of the molecule is C=CCn1c(SC(C)c2nnc(-c3cccs3)o2)nnc1C1COc2ccccc2O1. The summed E-state index contributed by atoms with van der Waals surface area (Å²) < 4.78 is 19.8. The molecule has 10 heteroatoms. The van der Waals surface area contributed by atoms with Crippen molar-refractivity contribution in [2.75, 3.05) is 6.61 Å². The van der Waals surface area contributed by atoms with Crippen molar-refractivity contribution in [2.24, 2.45) is 0 Å². The van der Waals surface area contributed by atoms with E-state index in [9.17, 15) is 0 Å². The number of thiophene rings is 1. The zero-order chi connectivity index (χ0) is 21.2. The van der Waals surface area contributed by atoms with Crippen LogP contribution in [0.3, 0.4) is 0 Å².